The van der Waals surface area contributed by atoms with Crippen molar-refractivity contribution in [1.29, 1.82) is 0 Å². The number of rotatable bonds is 4. The van der Waals surface area contributed by atoms with E-state index in [1.807, 2.05) is 0 Å². The van der Waals surface area contributed by atoms with Crippen molar-refractivity contribution in [1.82, 2.24) is 19.5 Å². The molecule has 1 aromatic carbocycles. The number of nitrogens with two attached hydrogens (primary N) is 1. The molecule has 0 unspecified atom stereocenters. The van der Waals surface area contributed by atoms with Gasteiger partial charge in [-0.3, -0.25) is 14.3 Å². The number of hydrogen-bond acceptors (Lipinski definition) is 11. The van der Waals surface area contributed by atoms with E-state index in [1.54, 1.807) is 0 Å². The molecule has 2 aromatic heterocycles. The molecule has 3 heterocycles. The second-order valence-electron chi connectivity index (χ2n) is 6.61. The zero-order valence-electron chi connectivity index (χ0n) is 15.1. The van der Waals surface area contributed by atoms with Crippen molar-refractivity contribution in [3.8, 4) is 5.75 Å². The van der Waals surface area contributed by atoms with Gasteiger partial charge in [0.15, 0.2) is 17.4 Å². The number of benzene rings is 1. The molecule has 1 aliphatic heterocycles. The average molecular weight is 439 g/mol. The minimum Gasteiger partial charge on any atom is -0.508 e. The van der Waals surface area contributed by atoms with E-state index in [2.05, 4.69) is 15.0 Å². The lowest BCUT2D eigenvalue weighted by Crippen LogP contribution is -2.33. The van der Waals surface area contributed by atoms with E-state index in [9.17, 15) is 33.6 Å². The molecule has 4 atom stereocenters. The van der Waals surface area contributed by atoms with Crippen molar-refractivity contribution >= 4 is 26.9 Å². The van der Waals surface area contributed by atoms with Gasteiger partial charge >= 0.3 is 0 Å². The van der Waals surface area contributed by atoms with Gasteiger partial charge in [-0.15, -0.1) is 0 Å². The molecular formula is C16H17N5O8S. The second-order valence-corrected chi connectivity index (χ2v) is 8.46. The van der Waals surface area contributed by atoms with Gasteiger partial charge in [-0.2, -0.15) is 4.98 Å². The third-order valence-corrected chi connectivity index (χ3v) is 6.36. The van der Waals surface area contributed by atoms with Crippen molar-refractivity contribution in [3.05, 3.63) is 34.6 Å². The fourth-order valence-electron chi connectivity index (χ4n) is 3.22. The maximum atomic E-state index is 13.2. The summed E-state index contributed by atoms with van der Waals surface area (Å²) in [4.78, 5) is 22.0. The lowest BCUT2D eigenvalue weighted by molar-refractivity contribution is -0.0550. The first kappa shape index (κ1) is 20.2. The van der Waals surface area contributed by atoms with Crippen molar-refractivity contribution in [2.75, 3.05) is 12.3 Å². The summed E-state index contributed by atoms with van der Waals surface area (Å²) in [7, 11) is -4.41. The van der Waals surface area contributed by atoms with Gasteiger partial charge in [-0.05, 0) is 24.3 Å². The number of nitrogens with one attached hydrogen (secondary N) is 1. The van der Waals surface area contributed by atoms with Crippen LogP contribution in [0.1, 0.15) is 6.23 Å². The molecule has 0 spiro atoms. The summed E-state index contributed by atoms with van der Waals surface area (Å²) in [6.45, 7) is -0.655. The zero-order chi connectivity index (χ0) is 21.8. The Morgan fingerprint density at radius 1 is 1.17 bits per heavy atom. The molecule has 0 radical (unpaired) electrons. The summed E-state index contributed by atoms with van der Waals surface area (Å²) in [5, 5.41) is 38.6. The van der Waals surface area contributed by atoms with Gasteiger partial charge in [0, 0.05) is 0 Å². The number of nitrogens with zero attached hydrogens (tertiary/aromatic N) is 3. The maximum absolute atomic E-state index is 13.2. The van der Waals surface area contributed by atoms with E-state index in [0.717, 1.165) is 28.8 Å². The first-order valence-electron chi connectivity index (χ1n) is 8.59. The van der Waals surface area contributed by atoms with Gasteiger partial charge in [-0.25, -0.2) is 13.4 Å². The Morgan fingerprint density at radius 3 is 2.43 bits per heavy atom. The van der Waals surface area contributed by atoms with Gasteiger partial charge in [0.1, 0.15) is 24.1 Å². The van der Waals surface area contributed by atoms with Gasteiger partial charge < -0.3 is 30.9 Å². The number of aliphatic hydroxyl groups excluding tert-OH is 3. The molecule has 1 aliphatic rings. The first-order valence-corrected chi connectivity index (χ1v) is 10.1. The summed E-state index contributed by atoms with van der Waals surface area (Å²) in [5.41, 5.74) is 4.06. The zero-order valence-corrected chi connectivity index (χ0v) is 15.9. The third-order valence-electron chi connectivity index (χ3n) is 4.70. The summed E-state index contributed by atoms with van der Waals surface area (Å²) < 4.78 is 32.8. The molecule has 13 nitrogen and oxygen atoms in total. The number of imidazole rings is 1. The lowest BCUT2D eigenvalue weighted by atomic mass is 10.1. The highest BCUT2D eigenvalue weighted by Gasteiger charge is 2.46. The van der Waals surface area contributed by atoms with Crippen LogP contribution in [0, 0.1) is 0 Å². The molecule has 1 fully saturated rings. The molecule has 160 valence electrons. The molecule has 0 bridgehead atoms. The van der Waals surface area contributed by atoms with Crippen LogP contribution in [0.25, 0.3) is 11.2 Å². The van der Waals surface area contributed by atoms with Gasteiger partial charge in [-0.1, -0.05) is 0 Å². The molecule has 7 N–H and O–H groups in total. The van der Waals surface area contributed by atoms with E-state index >= 15 is 0 Å². The number of H-pyrrole nitrogens is 1. The second kappa shape index (κ2) is 7.03. The molecular weight excluding hydrogens is 422 g/mol. The Labute approximate surface area is 167 Å². The Kier molecular flexibility index (Phi) is 4.74. The number of nitrogen functional groups attached to an aromatic ring is 1. The van der Waals surface area contributed by atoms with Crippen LogP contribution in [0.3, 0.4) is 0 Å². The van der Waals surface area contributed by atoms with Crippen LogP contribution in [-0.2, 0) is 14.6 Å². The summed E-state index contributed by atoms with van der Waals surface area (Å²) in [6, 6.07) is 4.54. The number of aliphatic hydroxyl groups is 3. The SMILES string of the molecule is Nc1nc2c(nc(S(=O)(=O)c3ccc(O)cc3)n2[C@@H]2O[C@H](CO)[C@@H](O)[C@H]2O)c(=O)[nH]1. The number of aromatic amines is 1. The maximum Gasteiger partial charge on any atom is 0.280 e. The number of fused-ring (bicyclic) bond motifs is 1. The fraction of sp³-hybridized carbons (Fsp3) is 0.312. The highest BCUT2D eigenvalue weighted by molar-refractivity contribution is 7.91. The Hall–Kier alpha value is -3.04. The molecule has 0 amide bonds. The highest BCUT2D eigenvalue weighted by atomic mass is 32.2. The average Bonchev–Trinajstić information content (AvgIpc) is 3.21. The Morgan fingerprint density at radius 2 is 1.83 bits per heavy atom. The topological polar surface area (TPSA) is 214 Å². The standard InChI is InChI=1S/C16H17N5O8S/c17-15-19-12-9(13(26)20-15)18-16(30(27,28)7-3-1-6(23)2-4-7)21(12)14-11(25)10(24)8(5-22)29-14/h1-4,8,10-11,14,22-25H,5H2,(H3,17,19,20,26)/t8-,10-,11-,14-/m1/s1. The monoisotopic (exact) mass is 439 g/mol. The van der Waals surface area contributed by atoms with Crippen molar-refractivity contribution in [3.63, 3.8) is 0 Å². The van der Waals surface area contributed by atoms with Gasteiger partial charge in [0.2, 0.25) is 20.9 Å². The number of phenols is 1. The summed E-state index contributed by atoms with van der Waals surface area (Å²) in [5.74, 6) is -0.509. The molecule has 0 saturated carbocycles. The number of sulfone groups is 1. The van der Waals surface area contributed by atoms with Crippen molar-refractivity contribution in [2.45, 2.75) is 34.6 Å². The largest absolute Gasteiger partial charge is 0.508 e. The molecule has 3 aromatic rings. The van der Waals surface area contributed by atoms with Crippen LogP contribution in [0.15, 0.2) is 39.1 Å². The van der Waals surface area contributed by atoms with Crippen molar-refractivity contribution < 1.29 is 33.6 Å². The number of hydrogen-bond donors (Lipinski definition) is 6. The van der Waals surface area contributed by atoms with Crippen LogP contribution in [0.4, 0.5) is 5.95 Å². The van der Waals surface area contributed by atoms with E-state index in [0.29, 0.717) is 0 Å². The lowest BCUT2D eigenvalue weighted by Gasteiger charge is -2.19. The van der Waals surface area contributed by atoms with E-state index in [1.165, 1.54) is 0 Å². The number of phenolic OH excluding ortho intramolecular Hbond substituents is 1. The minimum atomic E-state index is -4.41. The number of aromatic nitrogens is 4. The van der Waals surface area contributed by atoms with Crippen LogP contribution in [-0.4, -0.2) is 73.3 Å². The predicted molar refractivity (Wildman–Crippen MR) is 99.1 cm³/mol. The van der Waals surface area contributed by atoms with Crippen LogP contribution < -0.4 is 11.3 Å². The first-order chi connectivity index (χ1) is 14.1. The molecule has 30 heavy (non-hydrogen) atoms. The Balaban J connectivity index is 2.01. The van der Waals surface area contributed by atoms with Gasteiger partial charge in [0.05, 0.1) is 11.5 Å². The number of ether oxygens (including phenoxy) is 1. The van der Waals surface area contributed by atoms with Crippen LogP contribution in [0.2, 0.25) is 0 Å². The highest BCUT2D eigenvalue weighted by Crippen LogP contribution is 2.35. The Bertz CT molecular complexity index is 1270. The van der Waals surface area contributed by atoms with E-state index < -0.39 is 51.7 Å². The van der Waals surface area contributed by atoms with E-state index in [-0.39, 0.29) is 27.8 Å². The minimum absolute atomic E-state index is 0.170. The molecule has 4 rings (SSSR count). The summed E-state index contributed by atoms with van der Waals surface area (Å²) >= 11 is 0. The van der Waals surface area contributed by atoms with E-state index in [4.69, 9.17) is 10.5 Å². The van der Waals surface area contributed by atoms with Crippen LogP contribution in [0.5, 0.6) is 5.75 Å². The quantitative estimate of drug-likeness (QED) is 0.258. The number of aromatic hydroxyl groups is 1. The molecule has 0 aliphatic carbocycles. The van der Waals surface area contributed by atoms with Crippen molar-refractivity contribution in [2.24, 2.45) is 0 Å². The number of anilines is 1. The molecule has 1 saturated heterocycles. The third kappa shape index (κ3) is 3.01. The van der Waals surface area contributed by atoms with Gasteiger partial charge in [0.25, 0.3) is 5.56 Å². The van der Waals surface area contributed by atoms with Crippen LogP contribution >= 0.6 is 0 Å². The molecule has 14 heteroatoms. The normalized spacial score (nSPS) is 24.5. The smallest absolute Gasteiger partial charge is 0.280 e. The predicted octanol–water partition coefficient (Wildman–Crippen LogP) is -2.15. The fourth-order valence-corrected chi connectivity index (χ4v) is 4.59. The summed E-state index contributed by atoms with van der Waals surface area (Å²) in [6.07, 6.45) is -5.97.